The van der Waals surface area contributed by atoms with Crippen LogP contribution >= 0.6 is 0 Å². The summed E-state index contributed by atoms with van der Waals surface area (Å²) in [6.45, 7) is 22.3. The fraction of sp³-hybridized carbons (Fsp3) is 0.933. The number of ether oxygens (including phenoxy) is 1. The summed E-state index contributed by atoms with van der Waals surface area (Å²) in [6, 6.07) is 0.720. The number of hydrogen-bond donors (Lipinski definition) is 1. The lowest BCUT2D eigenvalue weighted by molar-refractivity contribution is 0.152. The Balaban J connectivity index is 5.20. The van der Waals surface area contributed by atoms with E-state index in [0.717, 1.165) is 12.5 Å². The first-order valence-electron chi connectivity index (χ1n) is 9.09. The highest BCUT2D eigenvalue weighted by atomic mass is 28.5. The largest absolute Gasteiger partial charge is 0.469 e. The van der Waals surface area contributed by atoms with Crippen molar-refractivity contribution < 1.29 is 21.9 Å². The molecule has 0 aliphatic rings. The maximum absolute atomic E-state index is 11.5. The summed E-state index contributed by atoms with van der Waals surface area (Å²) < 4.78 is 24.7. The maximum atomic E-state index is 11.5. The van der Waals surface area contributed by atoms with E-state index >= 15 is 0 Å². The van der Waals surface area contributed by atoms with Crippen LogP contribution in [0, 0.1) is 0 Å². The van der Waals surface area contributed by atoms with Crippen molar-refractivity contribution in [1.82, 2.24) is 5.32 Å². The molecule has 0 aromatic carbocycles. The van der Waals surface area contributed by atoms with Crippen LogP contribution in [0.2, 0.25) is 65.0 Å². The van der Waals surface area contributed by atoms with Gasteiger partial charge in [0, 0.05) is 12.6 Å². The van der Waals surface area contributed by atoms with Crippen molar-refractivity contribution in [3.8, 4) is 0 Å². The van der Waals surface area contributed by atoms with E-state index in [4.69, 9.17) is 17.1 Å². The molecule has 0 rings (SSSR count). The van der Waals surface area contributed by atoms with Gasteiger partial charge in [0.05, 0.1) is 6.61 Å². The molecule has 1 N–H and O–H groups in total. The fourth-order valence-corrected chi connectivity index (χ4v) is 16.9. The van der Waals surface area contributed by atoms with Gasteiger partial charge in [-0.15, -0.1) is 0 Å². The third-order valence-electron chi connectivity index (χ3n) is 2.59. The van der Waals surface area contributed by atoms with Gasteiger partial charge in [0.25, 0.3) is 0 Å². The quantitative estimate of drug-likeness (QED) is 0.386. The van der Waals surface area contributed by atoms with Crippen LogP contribution in [-0.2, 0) is 17.1 Å². The summed E-state index contributed by atoms with van der Waals surface area (Å²) >= 11 is 0. The Morgan fingerprint density at radius 1 is 0.800 bits per heavy atom. The van der Waals surface area contributed by atoms with Gasteiger partial charge in [0.2, 0.25) is 0 Å². The molecule has 0 heterocycles. The van der Waals surface area contributed by atoms with E-state index in [1.807, 2.05) is 0 Å². The highest BCUT2D eigenvalue weighted by Gasteiger charge is 2.49. The Kier molecular flexibility index (Phi) is 9.82. The molecule has 0 unspecified atom stereocenters. The van der Waals surface area contributed by atoms with E-state index < -0.39 is 33.8 Å². The standard InChI is InChI=1S/C15H39NO5Si4/c1-11-18-15(17)16-13-12-14-25(19-22(2,3)4,20-23(5,6)7)21-24(8,9)10/h11-14H2,1-10H3,(H,16,17). The maximum Gasteiger partial charge on any atom is 0.469 e. The van der Waals surface area contributed by atoms with Gasteiger partial charge in [-0.2, -0.15) is 0 Å². The van der Waals surface area contributed by atoms with E-state index in [9.17, 15) is 4.79 Å². The lowest BCUT2D eigenvalue weighted by Crippen LogP contribution is -2.60. The summed E-state index contributed by atoms with van der Waals surface area (Å²) in [7, 11) is -8.33. The predicted octanol–water partition coefficient (Wildman–Crippen LogP) is 4.62. The van der Waals surface area contributed by atoms with Crippen molar-refractivity contribution in [3.05, 3.63) is 0 Å². The van der Waals surface area contributed by atoms with E-state index in [0.29, 0.717) is 13.2 Å². The molecule has 0 aliphatic carbocycles. The Hall–Kier alpha value is 0.0175. The zero-order valence-corrected chi connectivity index (χ0v) is 21.9. The van der Waals surface area contributed by atoms with Crippen LogP contribution < -0.4 is 5.32 Å². The highest BCUT2D eigenvalue weighted by molar-refractivity contribution is 6.90. The first kappa shape index (κ1) is 25.0. The first-order chi connectivity index (χ1) is 11.1. The Labute approximate surface area is 158 Å². The second-order valence-electron chi connectivity index (χ2n) is 9.08. The van der Waals surface area contributed by atoms with Crippen molar-refractivity contribution >= 4 is 39.8 Å². The third-order valence-corrected chi connectivity index (χ3v) is 14.6. The first-order valence-corrected chi connectivity index (χ1v) is 21.2. The number of amides is 1. The number of hydrogen-bond acceptors (Lipinski definition) is 5. The fourth-order valence-electron chi connectivity index (χ4n) is 2.29. The van der Waals surface area contributed by atoms with Crippen LogP contribution in [0.25, 0.3) is 0 Å². The molecule has 0 aromatic heterocycles. The molecule has 0 fully saturated rings. The van der Waals surface area contributed by atoms with Crippen LogP contribution in [0.1, 0.15) is 13.3 Å². The smallest absolute Gasteiger partial charge is 0.450 e. The van der Waals surface area contributed by atoms with Gasteiger partial charge < -0.3 is 22.4 Å². The molecule has 10 heteroatoms. The normalized spacial score (nSPS) is 13.7. The van der Waals surface area contributed by atoms with Gasteiger partial charge in [-0.1, -0.05) is 0 Å². The summed E-state index contributed by atoms with van der Waals surface area (Å²) in [5.74, 6) is 0. The molecule has 150 valence electrons. The summed E-state index contributed by atoms with van der Waals surface area (Å²) in [6.07, 6.45) is 0.378. The minimum Gasteiger partial charge on any atom is -0.450 e. The molecule has 0 saturated carbocycles. The van der Waals surface area contributed by atoms with E-state index in [-0.39, 0.29) is 6.09 Å². The van der Waals surface area contributed by atoms with Gasteiger partial charge in [-0.05, 0) is 72.3 Å². The molecule has 0 aromatic rings. The van der Waals surface area contributed by atoms with Crippen LogP contribution in [0.3, 0.4) is 0 Å². The lowest BCUT2D eigenvalue weighted by atomic mass is 10.5. The van der Waals surface area contributed by atoms with Gasteiger partial charge in [0.15, 0.2) is 25.0 Å². The Morgan fingerprint density at radius 3 is 1.52 bits per heavy atom. The SMILES string of the molecule is CCOC(=O)NCCC[Si](O[Si](C)(C)C)(O[Si](C)(C)C)O[Si](C)(C)C. The molecule has 1 amide bonds. The molecular formula is C15H39NO5Si4. The van der Waals surface area contributed by atoms with Crippen LogP contribution in [0.15, 0.2) is 0 Å². The van der Waals surface area contributed by atoms with Crippen molar-refractivity contribution in [3.63, 3.8) is 0 Å². The predicted molar refractivity (Wildman–Crippen MR) is 113 cm³/mol. The average Bonchev–Trinajstić information content (AvgIpc) is 2.28. The van der Waals surface area contributed by atoms with Crippen LogP contribution in [0.4, 0.5) is 4.79 Å². The summed E-state index contributed by atoms with van der Waals surface area (Å²) in [5, 5.41) is 2.77. The average molecular weight is 426 g/mol. The molecule has 0 saturated heterocycles. The number of alkyl carbamates (subject to hydrolysis) is 1. The molecule has 0 atom stereocenters. The minimum atomic E-state index is -2.80. The van der Waals surface area contributed by atoms with Gasteiger partial charge >= 0.3 is 14.9 Å². The zero-order valence-electron chi connectivity index (χ0n) is 17.9. The molecule has 0 radical (unpaired) electrons. The molecule has 0 bridgehead atoms. The van der Waals surface area contributed by atoms with Crippen molar-refractivity contribution in [2.75, 3.05) is 13.2 Å². The topological polar surface area (TPSA) is 66.0 Å². The number of rotatable bonds is 11. The Morgan fingerprint density at radius 2 is 1.20 bits per heavy atom. The highest BCUT2D eigenvalue weighted by Crippen LogP contribution is 2.29. The second kappa shape index (κ2) is 9.81. The Bertz CT molecular complexity index is 375. The molecule has 6 nitrogen and oxygen atoms in total. The molecule has 25 heavy (non-hydrogen) atoms. The van der Waals surface area contributed by atoms with Gasteiger partial charge in [-0.3, -0.25) is 0 Å². The van der Waals surface area contributed by atoms with Crippen molar-refractivity contribution in [2.24, 2.45) is 0 Å². The molecular weight excluding hydrogens is 387 g/mol. The van der Waals surface area contributed by atoms with E-state index in [1.54, 1.807) is 6.92 Å². The summed E-state index contributed by atoms with van der Waals surface area (Å²) in [4.78, 5) is 11.5. The zero-order chi connectivity index (χ0) is 19.9. The van der Waals surface area contributed by atoms with Crippen LogP contribution in [0.5, 0.6) is 0 Å². The minimum absolute atomic E-state index is 0.376. The lowest BCUT2D eigenvalue weighted by Gasteiger charge is -2.42. The van der Waals surface area contributed by atoms with Crippen LogP contribution in [-0.4, -0.2) is 53.0 Å². The number of carbonyl (C=O) groups is 1. The monoisotopic (exact) mass is 425 g/mol. The van der Waals surface area contributed by atoms with Crippen molar-refractivity contribution in [2.45, 2.75) is 78.3 Å². The third kappa shape index (κ3) is 13.8. The molecule has 0 aliphatic heterocycles. The van der Waals surface area contributed by atoms with E-state index in [1.165, 1.54) is 0 Å². The van der Waals surface area contributed by atoms with Gasteiger partial charge in [0.1, 0.15) is 0 Å². The van der Waals surface area contributed by atoms with E-state index in [2.05, 4.69) is 64.2 Å². The van der Waals surface area contributed by atoms with Crippen molar-refractivity contribution in [1.29, 1.82) is 0 Å². The number of carbonyl (C=O) groups excluding carboxylic acids is 1. The van der Waals surface area contributed by atoms with Gasteiger partial charge in [-0.25, -0.2) is 4.79 Å². The summed E-state index contributed by atoms with van der Waals surface area (Å²) in [5.41, 5.74) is 0. The number of nitrogens with one attached hydrogen (secondary N) is 1. The molecule has 0 spiro atoms. The second-order valence-corrected chi connectivity index (χ2v) is 26.1.